The molecule has 0 aliphatic rings. The Morgan fingerprint density at radius 1 is 0.852 bits per heavy atom. The number of hydrogen-bond acceptors (Lipinski definition) is 8. The molecule has 0 spiro atoms. The summed E-state index contributed by atoms with van der Waals surface area (Å²) >= 11 is 0. The van der Waals surface area contributed by atoms with Crippen LogP contribution in [0.1, 0.15) is 21.8 Å². The smallest absolute Gasteiger partial charge is 0.200 e. The van der Waals surface area contributed by atoms with Crippen molar-refractivity contribution in [2.45, 2.75) is 5.92 Å². The Bertz CT molecular complexity index is 806. The van der Waals surface area contributed by atoms with Gasteiger partial charge in [0.2, 0.25) is 5.75 Å². The van der Waals surface area contributed by atoms with E-state index in [0.29, 0.717) is 5.56 Å². The monoisotopic (exact) mass is 378 g/mol. The van der Waals surface area contributed by atoms with Crippen LogP contribution in [0.3, 0.4) is 0 Å². The number of benzene rings is 2. The van der Waals surface area contributed by atoms with E-state index in [-0.39, 0.29) is 40.1 Å². The first-order chi connectivity index (χ1) is 12.9. The third-order valence-corrected chi connectivity index (χ3v) is 4.17. The number of phenolic OH excluding ortho intramolecular Hbond substituents is 2. The molecule has 0 aliphatic heterocycles. The van der Waals surface area contributed by atoms with E-state index in [1.807, 2.05) is 0 Å². The molecule has 8 heteroatoms. The molecule has 0 saturated carbocycles. The molecule has 8 nitrogen and oxygen atoms in total. The van der Waals surface area contributed by atoms with Crippen molar-refractivity contribution in [1.82, 2.24) is 0 Å². The van der Waals surface area contributed by atoms with Gasteiger partial charge >= 0.3 is 0 Å². The summed E-state index contributed by atoms with van der Waals surface area (Å²) in [5.41, 5.74) is 0.500. The van der Waals surface area contributed by atoms with Gasteiger partial charge in [0.25, 0.3) is 0 Å². The number of aromatic hydroxyl groups is 2. The number of ether oxygens (including phenoxy) is 4. The number of Topliss-reactive ketones (excluding diaryl/α,β-unsaturated/α-hetero) is 1. The summed E-state index contributed by atoms with van der Waals surface area (Å²) in [6.45, 7) is -0.519. The van der Waals surface area contributed by atoms with Crippen LogP contribution in [-0.2, 0) is 0 Å². The standard InChI is InChI=1S/C19H22O8/c1-24-14-8-13(21)15(25-2)7-11(14)12(9-20)18(22)10-5-16(26-3)19(23)17(6-10)27-4/h5-8,12,20-21,23H,9H2,1-4H3. The zero-order valence-corrected chi connectivity index (χ0v) is 15.5. The van der Waals surface area contributed by atoms with Gasteiger partial charge in [0.05, 0.1) is 41.0 Å². The van der Waals surface area contributed by atoms with Crippen molar-refractivity contribution in [2.75, 3.05) is 35.0 Å². The van der Waals surface area contributed by atoms with E-state index in [1.54, 1.807) is 0 Å². The summed E-state index contributed by atoms with van der Waals surface area (Å²) in [4.78, 5) is 13.1. The molecule has 3 N–H and O–H groups in total. The Morgan fingerprint density at radius 3 is 1.81 bits per heavy atom. The van der Waals surface area contributed by atoms with E-state index < -0.39 is 18.3 Å². The third-order valence-electron chi connectivity index (χ3n) is 4.17. The molecular weight excluding hydrogens is 356 g/mol. The zero-order chi connectivity index (χ0) is 20.1. The number of hydrogen-bond donors (Lipinski definition) is 3. The number of aliphatic hydroxyl groups is 1. The van der Waals surface area contributed by atoms with E-state index in [1.165, 1.54) is 52.7 Å². The Morgan fingerprint density at radius 2 is 1.37 bits per heavy atom. The van der Waals surface area contributed by atoms with Gasteiger partial charge in [0.1, 0.15) is 5.75 Å². The molecule has 2 rings (SSSR count). The SMILES string of the molecule is COc1cc(C(CO)C(=O)c2cc(OC)c(O)c(OC)c2)c(OC)cc1O. The molecule has 0 fully saturated rings. The second-order valence-corrected chi connectivity index (χ2v) is 5.59. The maximum Gasteiger partial charge on any atom is 0.200 e. The van der Waals surface area contributed by atoms with Crippen LogP contribution in [0.4, 0.5) is 0 Å². The summed E-state index contributed by atoms with van der Waals surface area (Å²) < 4.78 is 20.5. The summed E-state index contributed by atoms with van der Waals surface area (Å²) in [7, 11) is 5.45. The molecule has 146 valence electrons. The van der Waals surface area contributed by atoms with Crippen molar-refractivity contribution in [3.05, 3.63) is 35.4 Å². The Balaban J connectivity index is 2.57. The fraction of sp³-hybridized carbons (Fsp3) is 0.316. The van der Waals surface area contributed by atoms with E-state index in [9.17, 15) is 20.1 Å². The average molecular weight is 378 g/mol. The molecule has 0 heterocycles. The van der Waals surface area contributed by atoms with Crippen molar-refractivity contribution in [3.63, 3.8) is 0 Å². The normalized spacial score (nSPS) is 11.6. The molecule has 1 unspecified atom stereocenters. The lowest BCUT2D eigenvalue weighted by Crippen LogP contribution is -2.18. The van der Waals surface area contributed by atoms with Gasteiger partial charge in [-0.3, -0.25) is 4.79 Å². The van der Waals surface area contributed by atoms with Crippen molar-refractivity contribution < 1.29 is 39.1 Å². The lowest BCUT2D eigenvalue weighted by atomic mass is 9.90. The molecule has 0 saturated heterocycles. The number of carbonyl (C=O) groups is 1. The van der Waals surface area contributed by atoms with E-state index in [0.717, 1.165) is 0 Å². The van der Waals surface area contributed by atoms with E-state index in [2.05, 4.69) is 0 Å². The zero-order valence-electron chi connectivity index (χ0n) is 15.5. The molecular formula is C19H22O8. The molecule has 0 bridgehead atoms. The third kappa shape index (κ3) is 3.85. The lowest BCUT2D eigenvalue weighted by Gasteiger charge is -2.19. The second kappa shape index (κ2) is 8.50. The molecule has 0 aliphatic carbocycles. The summed E-state index contributed by atoms with van der Waals surface area (Å²) in [5.74, 6) is -1.38. The minimum Gasteiger partial charge on any atom is -0.504 e. The van der Waals surface area contributed by atoms with Crippen molar-refractivity contribution >= 4 is 5.78 Å². The van der Waals surface area contributed by atoms with E-state index >= 15 is 0 Å². The van der Waals surface area contributed by atoms with Crippen LogP contribution < -0.4 is 18.9 Å². The van der Waals surface area contributed by atoms with Crippen LogP contribution in [0.5, 0.6) is 34.5 Å². The highest BCUT2D eigenvalue weighted by atomic mass is 16.5. The Hall–Kier alpha value is -3.13. The maximum absolute atomic E-state index is 13.1. The first-order valence-corrected chi connectivity index (χ1v) is 7.96. The number of rotatable bonds is 8. The molecule has 27 heavy (non-hydrogen) atoms. The summed E-state index contributed by atoms with van der Waals surface area (Å²) in [6, 6.07) is 5.45. The van der Waals surface area contributed by atoms with Crippen LogP contribution in [0.25, 0.3) is 0 Å². The van der Waals surface area contributed by atoms with Crippen LogP contribution in [-0.4, -0.2) is 56.1 Å². The maximum atomic E-state index is 13.1. The molecule has 2 aromatic carbocycles. The number of methoxy groups -OCH3 is 4. The van der Waals surface area contributed by atoms with Crippen molar-refractivity contribution in [2.24, 2.45) is 0 Å². The van der Waals surface area contributed by atoms with Gasteiger partial charge in [0.15, 0.2) is 28.8 Å². The van der Waals surface area contributed by atoms with E-state index in [4.69, 9.17) is 18.9 Å². The fourth-order valence-electron chi connectivity index (χ4n) is 2.74. The minimum atomic E-state index is -1.01. The van der Waals surface area contributed by atoms with Gasteiger partial charge in [-0.2, -0.15) is 0 Å². The highest BCUT2D eigenvalue weighted by Crippen LogP contribution is 2.41. The molecule has 2 aromatic rings. The quantitative estimate of drug-likeness (QED) is 0.598. The van der Waals surface area contributed by atoms with Crippen molar-refractivity contribution in [3.8, 4) is 34.5 Å². The van der Waals surface area contributed by atoms with Gasteiger partial charge in [0, 0.05) is 17.2 Å². The molecule has 0 aromatic heterocycles. The van der Waals surface area contributed by atoms with Gasteiger partial charge in [-0.25, -0.2) is 0 Å². The van der Waals surface area contributed by atoms with Crippen LogP contribution in [0.15, 0.2) is 24.3 Å². The average Bonchev–Trinajstić information content (AvgIpc) is 2.69. The van der Waals surface area contributed by atoms with Crippen molar-refractivity contribution in [1.29, 1.82) is 0 Å². The van der Waals surface area contributed by atoms with Gasteiger partial charge < -0.3 is 34.3 Å². The number of phenols is 2. The van der Waals surface area contributed by atoms with Gasteiger partial charge in [-0.05, 0) is 18.2 Å². The van der Waals surface area contributed by atoms with Crippen LogP contribution >= 0.6 is 0 Å². The Labute approximate surface area is 156 Å². The first-order valence-electron chi connectivity index (χ1n) is 7.96. The molecule has 1 atom stereocenters. The number of ketones is 1. The topological polar surface area (TPSA) is 115 Å². The first kappa shape index (κ1) is 20.2. The fourth-order valence-corrected chi connectivity index (χ4v) is 2.74. The minimum absolute atomic E-state index is 0.0599. The van der Waals surface area contributed by atoms with Gasteiger partial charge in [-0.15, -0.1) is 0 Å². The predicted molar refractivity (Wildman–Crippen MR) is 96.6 cm³/mol. The molecule has 0 amide bonds. The highest BCUT2D eigenvalue weighted by molar-refractivity contribution is 6.02. The largest absolute Gasteiger partial charge is 0.504 e. The number of carbonyl (C=O) groups excluding carboxylic acids is 1. The summed E-state index contributed by atoms with van der Waals surface area (Å²) in [5, 5.41) is 29.8. The van der Waals surface area contributed by atoms with Crippen LogP contribution in [0, 0.1) is 0 Å². The highest BCUT2D eigenvalue weighted by Gasteiger charge is 2.28. The van der Waals surface area contributed by atoms with Crippen LogP contribution in [0.2, 0.25) is 0 Å². The molecule has 0 radical (unpaired) electrons. The lowest BCUT2D eigenvalue weighted by molar-refractivity contribution is 0.0919. The summed E-state index contributed by atoms with van der Waals surface area (Å²) in [6.07, 6.45) is 0. The number of aliphatic hydroxyl groups excluding tert-OH is 1. The van der Waals surface area contributed by atoms with Gasteiger partial charge in [-0.1, -0.05) is 0 Å². The Kier molecular flexibility index (Phi) is 6.36. The second-order valence-electron chi connectivity index (χ2n) is 5.59. The predicted octanol–water partition coefficient (Wildman–Crippen LogP) is 2.09.